The molecule has 3 fully saturated rings. The molecule has 4 rings (SSSR count). The molecule has 11 heteroatoms. The molecule has 0 radical (unpaired) electrons. The van der Waals surface area contributed by atoms with Crippen LogP contribution in [0.1, 0.15) is 38.5 Å². The molecule has 0 aromatic heterocycles. The highest BCUT2D eigenvalue weighted by atomic mass is 32.2. The lowest BCUT2D eigenvalue weighted by molar-refractivity contribution is -0.118. The molecule has 3 aliphatic carbocycles. The molecule has 172 valence electrons. The summed E-state index contributed by atoms with van der Waals surface area (Å²) >= 11 is 0. The fourth-order valence-corrected chi connectivity index (χ4v) is 5.75. The van der Waals surface area contributed by atoms with Crippen LogP contribution in [0.15, 0.2) is 17.0 Å². The maximum Gasteiger partial charge on any atom is 0.251 e. The van der Waals surface area contributed by atoms with Crippen LogP contribution in [0.3, 0.4) is 0 Å². The summed E-state index contributed by atoms with van der Waals surface area (Å²) in [5.74, 6) is -3.74. The molecule has 0 heterocycles. The molecule has 31 heavy (non-hydrogen) atoms. The van der Waals surface area contributed by atoms with Crippen molar-refractivity contribution in [2.24, 2.45) is 23.5 Å². The molecule has 3 saturated carbocycles. The zero-order valence-corrected chi connectivity index (χ0v) is 17.9. The minimum Gasteiger partial charge on any atom is -0.495 e. The molecule has 0 saturated heterocycles. The van der Waals surface area contributed by atoms with Gasteiger partial charge in [-0.1, -0.05) is 0 Å². The van der Waals surface area contributed by atoms with E-state index < -0.39 is 57.5 Å². The number of carbonyl (C=O) groups is 1. The first kappa shape index (κ1) is 22.3. The smallest absolute Gasteiger partial charge is 0.251 e. The minimum atomic E-state index is -4.30. The Morgan fingerprint density at radius 1 is 1.19 bits per heavy atom. The predicted octanol–water partition coefficient (Wildman–Crippen LogP) is 2.61. The number of hydrogen-bond acceptors (Lipinski definition) is 5. The maximum atomic E-state index is 14.7. The highest BCUT2D eigenvalue weighted by Gasteiger charge is 2.48. The van der Waals surface area contributed by atoms with Gasteiger partial charge in [-0.25, -0.2) is 26.3 Å². The molecule has 1 atom stereocenters. The van der Waals surface area contributed by atoms with Crippen molar-refractivity contribution in [2.75, 3.05) is 12.4 Å². The Labute approximate surface area is 178 Å². The summed E-state index contributed by atoms with van der Waals surface area (Å²) in [5.41, 5.74) is 5.92. The number of nitrogens with two attached hydrogens (primary N) is 1. The third kappa shape index (κ3) is 4.83. The van der Waals surface area contributed by atoms with E-state index in [0.717, 1.165) is 31.7 Å². The normalized spacial score (nSPS) is 22.1. The zero-order chi connectivity index (χ0) is 22.6. The Morgan fingerprint density at radius 2 is 1.77 bits per heavy atom. The largest absolute Gasteiger partial charge is 0.495 e. The van der Waals surface area contributed by atoms with E-state index in [2.05, 4.69) is 10.0 Å². The number of benzene rings is 1. The predicted molar refractivity (Wildman–Crippen MR) is 107 cm³/mol. The van der Waals surface area contributed by atoms with Crippen molar-refractivity contribution in [2.45, 2.75) is 61.4 Å². The van der Waals surface area contributed by atoms with Gasteiger partial charge in [-0.3, -0.25) is 4.79 Å². The van der Waals surface area contributed by atoms with Crippen LogP contribution in [0, 0.1) is 23.6 Å². The van der Waals surface area contributed by atoms with Gasteiger partial charge in [0.1, 0.15) is 16.5 Å². The number of ether oxygens (including phenoxy) is 1. The SMILES string of the molecule is COc1cc(NC(=O)[C@@H](N)C(C2CC2)C2CC2)c(F)cc1S(=O)(=O)NC1CC(F)(F)C1. The molecular weight excluding hydrogens is 435 g/mol. The van der Waals surface area contributed by atoms with Crippen LogP contribution >= 0.6 is 0 Å². The van der Waals surface area contributed by atoms with Gasteiger partial charge in [0.25, 0.3) is 5.92 Å². The lowest BCUT2D eigenvalue weighted by atomic mass is 9.89. The van der Waals surface area contributed by atoms with Crippen LogP contribution < -0.4 is 20.5 Å². The van der Waals surface area contributed by atoms with Gasteiger partial charge in [0, 0.05) is 24.9 Å². The molecule has 1 aromatic carbocycles. The van der Waals surface area contributed by atoms with E-state index in [-0.39, 0.29) is 17.4 Å². The molecule has 1 aromatic rings. The van der Waals surface area contributed by atoms with E-state index in [1.54, 1.807) is 0 Å². The van der Waals surface area contributed by atoms with Crippen molar-refractivity contribution in [3.05, 3.63) is 17.9 Å². The van der Waals surface area contributed by atoms with E-state index in [0.29, 0.717) is 17.9 Å². The third-order valence-corrected chi connectivity index (χ3v) is 7.80. The van der Waals surface area contributed by atoms with Gasteiger partial charge in [0.05, 0.1) is 18.8 Å². The van der Waals surface area contributed by atoms with Gasteiger partial charge >= 0.3 is 0 Å². The second-order valence-corrected chi connectivity index (χ2v) is 10.5. The van der Waals surface area contributed by atoms with Gasteiger partial charge in [0.2, 0.25) is 15.9 Å². The van der Waals surface area contributed by atoms with Crippen molar-refractivity contribution in [1.29, 1.82) is 0 Å². The van der Waals surface area contributed by atoms with Crippen LogP contribution in [0.25, 0.3) is 0 Å². The second kappa shape index (κ2) is 7.93. The van der Waals surface area contributed by atoms with E-state index in [1.165, 1.54) is 7.11 Å². The van der Waals surface area contributed by atoms with Crippen LogP contribution in [0.4, 0.5) is 18.9 Å². The average molecular weight is 462 g/mol. The minimum absolute atomic E-state index is 0.0643. The molecule has 7 nitrogen and oxygen atoms in total. The fraction of sp³-hybridized carbons (Fsp3) is 0.650. The van der Waals surface area contributed by atoms with Crippen LogP contribution in [-0.2, 0) is 14.8 Å². The second-order valence-electron chi connectivity index (χ2n) is 8.83. The number of hydrogen-bond donors (Lipinski definition) is 3. The molecule has 0 unspecified atom stereocenters. The quantitative estimate of drug-likeness (QED) is 0.524. The van der Waals surface area contributed by atoms with Crippen molar-refractivity contribution in [3.8, 4) is 5.75 Å². The summed E-state index contributed by atoms with van der Waals surface area (Å²) in [4.78, 5) is 12.1. The van der Waals surface area contributed by atoms with E-state index in [4.69, 9.17) is 10.5 Å². The number of nitrogens with one attached hydrogen (secondary N) is 2. The van der Waals surface area contributed by atoms with Crippen LogP contribution in [-0.4, -0.2) is 39.4 Å². The molecule has 0 aliphatic heterocycles. The average Bonchev–Trinajstić information content (AvgIpc) is 3.56. The number of methoxy groups -OCH3 is 1. The number of anilines is 1. The summed E-state index contributed by atoms with van der Waals surface area (Å²) in [6, 6.07) is 0.0496. The first-order valence-electron chi connectivity index (χ1n) is 10.3. The monoisotopic (exact) mass is 461 g/mol. The number of amides is 1. The van der Waals surface area contributed by atoms with Gasteiger partial charge in [-0.15, -0.1) is 0 Å². The number of alkyl halides is 2. The van der Waals surface area contributed by atoms with E-state index in [1.807, 2.05) is 0 Å². The Bertz CT molecular complexity index is 960. The lowest BCUT2D eigenvalue weighted by Crippen LogP contribution is -2.50. The van der Waals surface area contributed by atoms with Crippen LogP contribution in [0.5, 0.6) is 5.75 Å². The summed E-state index contributed by atoms with van der Waals surface area (Å²) < 4.78 is 73.0. The van der Waals surface area contributed by atoms with Gasteiger partial charge in [-0.05, 0) is 49.5 Å². The van der Waals surface area contributed by atoms with Crippen molar-refractivity contribution in [1.82, 2.24) is 4.72 Å². The molecule has 3 aliphatic rings. The van der Waals surface area contributed by atoms with E-state index >= 15 is 0 Å². The zero-order valence-electron chi connectivity index (χ0n) is 17.0. The number of carbonyl (C=O) groups excluding carboxylic acids is 1. The summed E-state index contributed by atoms with van der Waals surface area (Å²) in [6.45, 7) is 0. The summed E-state index contributed by atoms with van der Waals surface area (Å²) in [5, 5.41) is 2.45. The number of halogens is 3. The number of sulfonamides is 1. The molecule has 1 amide bonds. The standard InChI is InChI=1S/C20H26F3N3O4S/c1-30-15-7-14(25-19(27)18(24)17(10-2-3-10)11-4-5-11)13(21)6-16(15)31(28,29)26-12-8-20(22,23)9-12/h6-7,10-12,17-18,26H,2-5,8-9,24H2,1H3,(H,25,27)/t18-/m0/s1. The molecule has 4 N–H and O–H groups in total. The summed E-state index contributed by atoms with van der Waals surface area (Å²) in [6.07, 6.45) is 2.92. The maximum absolute atomic E-state index is 14.7. The first-order chi connectivity index (χ1) is 14.5. The molecule has 0 spiro atoms. The van der Waals surface area contributed by atoms with Crippen LogP contribution in [0.2, 0.25) is 0 Å². The van der Waals surface area contributed by atoms with Crippen molar-refractivity contribution in [3.63, 3.8) is 0 Å². The van der Waals surface area contributed by atoms with Gasteiger partial charge in [-0.2, -0.15) is 0 Å². The Balaban J connectivity index is 1.50. The fourth-order valence-electron chi connectivity index (χ4n) is 4.35. The summed E-state index contributed by atoms with van der Waals surface area (Å²) in [7, 11) is -3.11. The van der Waals surface area contributed by atoms with Gasteiger partial charge < -0.3 is 15.8 Å². The number of rotatable bonds is 9. The first-order valence-corrected chi connectivity index (χ1v) is 11.8. The van der Waals surface area contributed by atoms with E-state index in [9.17, 15) is 26.4 Å². The van der Waals surface area contributed by atoms with Crippen molar-refractivity contribution < 1.29 is 31.1 Å². The Morgan fingerprint density at radius 3 is 2.26 bits per heavy atom. The topological polar surface area (TPSA) is 111 Å². The third-order valence-electron chi connectivity index (χ3n) is 6.26. The van der Waals surface area contributed by atoms with Crippen molar-refractivity contribution >= 4 is 21.6 Å². The highest BCUT2D eigenvalue weighted by Crippen LogP contribution is 2.50. The van der Waals surface area contributed by atoms with Gasteiger partial charge in [0.15, 0.2) is 0 Å². The molecule has 0 bridgehead atoms. The molecular formula is C20H26F3N3O4S. The highest BCUT2D eigenvalue weighted by molar-refractivity contribution is 7.89. The Kier molecular flexibility index (Phi) is 5.72. The lowest BCUT2D eigenvalue weighted by Gasteiger charge is -2.35. The Hall–Kier alpha value is -1.85.